The Morgan fingerprint density at radius 3 is 1.93 bits per heavy atom. The summed E-state index contributed by atoms with van der Waals surface area (Å²) in [7, 11) is 0. The molecule has 0 fully saturated rings. The van der Waals surface area contributed by atoms with Crippen molar-refractivity contribution in [1.82, 2.24) is 0 Å². The highest BCUT2D eigenvalue weighted by atomic mass is 14.2. The summed E-state index contributed by atoms with van der Waals surface area (Å²) in [6.45, 7) is 13.4. The largest absolute Gasteiger partial charge is 0.0654 e. The molecule has 0 rings (SSSR count). The van der Waals surface area contributed by atoms with Gasteiger partial charge in [0.1, 0.15) is 0 Å². The highest BCUT2D eigenvalue weighted by Gasteiger charge is 2.18. The fraction of sp³-hybridized carbons (Fsp3) is 0.929. The highest BCUT2D eigenvalue weighted by molar-refractivity contribution is 4.75. The van der Waals surface area contributed by atoms with Crippen molar-refractivity contribution in [3.63, 3.8) is 0 Å². The maximum absolute atomic E-state index is 4.24. The Balaban J connectivity index is 3.28. The monoisotopic (exact) mass is 197 g/mol. The SMILES string of the molecule is [CH2]C(CCCCCCCC)C(C)(C)C. The van der Waals surface area contributed by atoms with Crippen molar-refractivity contribution in [2.45, 2.75) is 72.6 Å². The van der Waals surface area contributed by atoms with E-state index in [1.54, 1.807) is 0 Å². The molecule has 14 heavy (non-hydrogen) atoms. The smallest absolute Gasteiger partial charge is 0.0354 e. The molecule has 0 saturated carbocycles. The zero-order valence-corrected chi connectivity index (χ0v) is 10.7. The first-order valence-electron chi connectivity index (χ1n) is 6.31. The molecule has 0 nitrogen and oxygen atoms in total. The summed E-state index contributed by atoms with van der Waals surface area (Å²) in [4.78, 5) is 0. The summed E-state index contributed by atoms with van der Waals surface area (Å²) >= 11 is 0. The van der Waals surface area contributed by atoms with Crippen LogP contribution in [0.4, 0.5) is 0 Å². The van der Waals surface area contributed by atoms with E-state index in [2.05, 4.69) is 34.6 Å². The van der Waals surface area contributed by atoms with E-state index in [0.717, 1.165) is 0 Å². The van der Waals surface area contributed by atoms with Crippen molar-refractivity contribution in [1.29, 1.82) is 0 Å². The van der Waals surface area contributed by atoms with Gasteiger partial charge in [0.05, 0.1) is 0 Å². The number of rotatable bonds is 7. The molecule has 0 aromatic carbocycles. The number of unbranched alkanes of at least 4 members (excludes halogenated alkanes) is 5. The van der Waals surface area contributed by atoms with Gasteiger partial charge in [0.2, 0.25) is 0 Å². The van der Waals surface area contributed by atoms with Gasteiger partial charge in [-0.05, 0) is 24.7 Å². The zero-order valence-electron chi connectivity index (χ0n) is 10.7. The molecule has 0 spiro atoms. The second-order valence-electron chi connectivity index (χ2n) is 5.62. The summed E-state index contributed by atoms with van der Waals surface area (Å²) < 4.78 is 0. The lowest BCUT2D eigenvalue weighted by molar-refractivity contribution is 0.268. The molecular formula is C14H29. The van der Waals surface area contributed by atoms with E-state index >= 15 is 0 Å². The Kier molecular flexibility index (Phi) is 7.31. The Morgan fingerprint density at radius 2 is 1.43 bits per heavy atom. The van der Waals surface area contributed by atoms with E-state index in [0.29, 0.717) is 11.3 Å². The van der Waals surface area contributed by atoms with Crippen LogP contribution in [0.15, 0.2) is 0 Å². The first-order chi connectivity index (χ1) is 6.48. The maximum Gasteiger partial charge on any atom is -0.0354 e. The van der Waals surface area contributed by atoms with E-state index in [4.69, 9.17) is 0 Å². The molecule has 0 amide bonds. The molecule has 0 heterocycles. The third kappa shape index (κ3) is 7.41. The third-order valence-electron chi connectivity index (χ3n) is 3.13. The zero-order chi connectivity index (χ0) is 11.0. The van der Waals surface area contributed by atoms with Gasteiger partial charge in [0.15, 0.2) is 0 Å². The van der Waals surface area contributed by atoms with Crippen molar-refractivity contribution in [2.24, 2.45) is 11.3 Å². The molecule has 1 radical (unpaired) electrons. The van der Waals surface area contributed by atoms with E-state index in [-0.39, 0.29) is 0 Å². The van der Waals surface area contributed by atoms with Crippen molar-refractivity contribution in [3.8, 4) is 0 Å². The molecule has 0 aromatic rings. The van der Waals surface area contributed by atoms with Gasteiger partial charge in [0.25, 0.3) is 0 Å². The van der Waals surface area contributed by atoms with Gasteiger partial charge in [-0.2, -0.15) is 0 Å². The quantitative estimate of drug-likeness (QED) is 0.490. The lowest BCUT2D eigenvalue weighted by atomic mass is 9.79. The summed E-state index contributed by atoms with van der Waals surface area (Å²) in [5.41, 5.74) is 0.392. The van der Waals surface area contributed by atoms with E-state index in [1.807, 2.05) is 0 Å². The van der Waals surface area contributed by atoms with Gasteiger partial charge in [-0.15, -0.1) is 0 Å². The van der Waals surface area contributed by atoms with Gasteiger partial charge in [-0.1, -0.05) is 66.2 Å². The van der Waals surface area contributed by atoms with Gasteiger partial charge in [-0.25, -0.2) is 0 Å². The van der Waals surface area contributed by atoms with E-state index in [1.165, 1.54) is 44.9 Å². The normalized spacial score (nSPS) is 14.4. The van der Waals surface area contributed by atoms with Gasteiger partial charge < -0.3 is 0 Å². The van der Waals surface area contributed by atoms with Crippen LogP contribution in [0.3, 0.4) is 0 Å². The molecule has 0 aliphatic carbocycles. The van der Waals surface area contributed by atoms with Crippen molar-refractivity contribution < 1.29 is 0 Å². The third-order valence-corrected chi connectivity index (χ3v) is 3.13. The average Bonchev–Trinajstić information content (AvgIpc) is 2.09. The van der Waals surface area contributed by atoms with Crippen LogP contribution in [0.1, 0.15) is 72.6 Å². The summed E-state index contributed by atoms with van der Waals surface area (Å²) in [5, 5.41) is 0. The molecular weight excluding hydrogens is 168 g/mol. The second-order valence-corrected chi connectivity index (χ2v) is 5.62. The van der Waals surface area contributed by atoms with E-state index < -0.39 is 0 Å². The summed E-state index contributed by atoms with van der Waals surface area (Å²) in [5.74, 6) is 0.619. The summed E-state index contributed by atoms with van der Waals surface area (Å²) in [6, 6.07) is 0. The first kappa shape index (κ1) is 14.0. The standard InChI is InChI=1S/C14H29/c1-6-7-8-9-10-11-12-13(2)14(3,4)5/h13H,2,6-12H2,1,3-5H3. The number of hydrogen-bond donors (Lipinski definition) is 0. The van der Waals surface area contributed by atoms with Gasteiger partial charge in [0, 0.05) is 0 Å². The highest BCUT2D eigenvalue weighted by Crippen LogP contribution is 2.29. The second kappa shape index (κ2) is 7.31. The molecule has 0 aliphatic rings. The molecule has 0 aromatic heterocycles. The lowest BCUT2D eigenvalue weighted by Crippen LogP contribution is -2.17. The number of hydrogen-bond acceptors (Lipinski definition) is 0. The van der Waals surface area contributed by atoms with Gasteiger partial charge in [-0.3, -0.25) is 0 Å². The lowest BCUT2D eigenvalue weighted by Gasteiger charge is -2.27. The van der Waals surface area contributed by atoms with Crippen LogP contribution in [0.2, 0.25) is 0 Å². The average molecular weight is 197 g/mol. The van der Waals surface area contributed by atoms with Crippen LogP contribution < -0.4 is 0 Å². The summed E-state index contributed by atoms with van der Waals surface area (Å²) in [6.07, 6.45) is 9.68. The Morgan fingerprint density at radius 1 is 0.929 bits per heavy atom. The Bertz CT molecular complexity index is 118. The molecule has 0 N–H and O–H groups in total. The van der Waals surface area contributed by atoms with E-state index in [9.17, 15) is 0 Å². The first-order valence-corrected chi connectivity index (χ1v) is 6.31. The fourth-order valence-electron chi connectivity index (χ4n) is 1.60. The van der Waals surface area contributed by atoms with Crippen LogP contribution in [0.25, 0.3) is 0 Å². The molecule has 85 valence electrons. The molecule has 0 bridgehead atoms. The molecule has 0 aliphatic heterocycles. The van der Waals surface area contributed by atoms with Crippen molar-refractivity contribution >= 4 is 0 Å². The van der Waals surface area contributed by atoms with Crippen molar-refractivity contribution in [2.75, 3.05) is 0 Å². The molecule has 1 atom stereocenters. The molecule has 0 heteroatoms. The van der Waals surface area contributed by atoms with Crippen LogP contribution >= 0.6 is 0 Å². The molecule has 0 saturated heterocycles. The Hall–Kier alpha value is 0. The van der Waals surface area contributed by atoms with Crippen LogP contribution in [0, 0.1) is 18.3 Å². The predicted octanol–water partition coefficient (Wildman–Crippen LogP) is 5.23. The minimum absolute atomic E-state index is 0.392. The fourth-order valence-corrected chi connectivity index (χ4v) is 1.60. The van der Waals surface area contributed by atoms with Crippen molar-refractivity contribution in [3.05, 3.63) is 6.92 Å². The Labute approximate surface area is 91.5 Å². The molecule has 1 unspecified atom stereocenters. The maximum atomic E-state index is 4.24. The van der Waals surface area contributed by atoms with Crippen LogP contribution in [-0.2, 0) is 0 Å². The minimum atomic E-state index is 0.392. The topological polar surface area (TPSA) is 0 Å². The predicted molar refractivity (Wildman–Crippen MR) is 66.3 cm³/mol. The minimum Gasteiger partial charge on any atom is -0.0654 e. The van der Waals surface area contributed by atoms with Gasteiger partial charge >= 0.3 is 0 Å². The van der Waals surface area contributed by atoms with Crippen LogP contribution in [-0.4, -0.2) is 0 Å². The van der Waals surface area contributed by atoms with Crippen LogP contribution in [0.5, 0.6) is 0 Å².